The minimum atomic E-state index is -0.169. The van der Waals surface area contributed by atoms with Gasteiger partial charge in [0.05, 0.1) is 4.53 Å². The van der Waals surface area contributed by atoms with E-state index in [0.29, 0.717) is 21.5 Å². The highest BCUT2D eigenvalue weighted by Crippen LogP contribution is 2.16. The van der Waals surface area contributed by atoms with Gasteiger partial charge in [0, 0.05) is 17.2 Å². The third kappa shape index (κ3) is 4.61. The average Bonchev–Trinajstić information content (AvgIpc) is 3.01. The molecule has 3 aromatic rings. The molecule has 0 fully saturated rings. The van der Waals surface area contributed by atoms with Crippen LogP contribution in [0.5, 0.6) is 0 Å². The van der Waals surface area contributed by atoms with Crippen LogP contribution in [0.2, 0.25) is 0 Å². The van der Waals surface area contributed by atoms with Crippen molar-refractivity contribution in [2.75, 3.05) is 5.75 Å². The summed E-state index contributed by atoms with van der Waals surface area (Å²) in [5.74, 6) is 0.668. The molecule has 4 nitrogen and oxygen atoms in total. The maximum atomic E-state index is 12.9. The Hall–Kier alpha value is -3.06. The number of nitriles is 2. The first kappa shape index (κ1) is 19.7. The Morgan fingerprint density at radius 1 is 1.11 bits per heavy atom. The van der Waals surface area contributed by atoms with E-state index in [1.807, 2.05) is 79.7 Å². The van der Waals surface area contributed by atoms with E-state index in [4.69, 9.17) is 0 Å². The molecule has 0 saturated carbocycles. The topological polar surface area (TPSA) is 69.6 Å². The molecule has 6 heteroatoms. The Morgan fingerprint density at radius 3 is 2.43 bits per heavy atom. The van der Waals surface area contributed by atoms with Crippen molar-refractivity contribution >= 4 is 34.7 Å². The van der Waals surface area contributed by atoms with Crippen molar-refractivity contribution in [2.45, 2.75) is 18.4 Å². The third-order valence-electron chi connectivity index (χ3n) is 4.05. The van der Waals surface area contributed by atoms with Gasteiger partial charge in [-0.2, -0.15) is 10.5 Å². The van der Waals surface area contributed by atoms with Gasteiger partial charge in [-0.25, -0.2) is 0 Å². The summed E-state index contributed by atoms with van der Waals surface area (Å²) in [4.78, 5) is 14.1. The molecule has 0 spiro atoms. The lowest BCUT2D eigenvalue weighted by molar-refractivity contribution is 0.730. The number of nitrogens with zero attached hydrogens (tertiary/aromatic N) is 3. The zero-order valence-corrected chi connectivity index (χ0v) is 16.9. The van der Waals surface area contributed by atoms with Gasteiger partial charge in [0.15, 0.2) is 5.57 Å². The summed E-state index contributed by atoms with van der Waals surface area (Å²) in [6.07, 6.45) is 1.81. The molecule has 1 heterocycles. The predicted molar refractivity (Wildman–Crippen MR) is 114 cm³/mol. The highest BCUT2D eigenvalue weighted by atomic mass is 32.2. The smallest absolute Gasteiger partial charge is 0.269 e. The standard InChI is InChI=1S/C22H17N3OS2/c1-16-7-9-17(10-8-16)13-20-21(26)25(22(28-20)18(14-23)15-24)11-12-27-19-5-3-2-4-6-19/h2-10,13H,11-12H2,1H3/b20-13-. The Labute approximate surface area is 171 Å². The van der Waals surface area contributed by atoms with Gasteiger partial charge in [-0.15, -0.1) is 23.1 Å². The van der Waals surface area contributed by atoms with Crippen molar-refractivity contribution < 1.29 is 0 Å². The second-order valence-electron chi connectivity index (χ2n) is 6.04. The molecule has 0 aliphatic rings. The lowest BCUT2D eigenvalue weighted by Crippen LogP contribution is -2.32. The highest BCUT2D eigenvalue weighted by Gasteiger charge is 2.09. The number of hydrogen-bond donors (Lipinski definition) is 0. The largest absolute Gasteiger partial charge is 0.296 e. The lowest BCUT2D eigenvalue weighted by Gasteiger charge is -2.03. The van der Waals surface area contributed by atoms with Crippen molar-refractivity contribution in [1.82, 2.24) is 4.57 Å². The Balaban J connectivity index is 2.01. The van der Waals surface area contributed by atoms with Crippen molar-refractivity contribution in [1.29, 1.82) is 10.5 Å². The monoisotopic (exact) mass is 403 g/mol. The summed E-state index contributed by atoms with van der Waals surface area (Å²) in [5, 5.41) is 18.6. The van der Waals surface area contributed by atoms with Gasteiger partial charge in [-0.3, -0.25) is 9.36 Å². The predicted octanol–water partition coefficient (Wildman–Crippen LogP) is 3.04. The van der Waals surface area contributed by atoms with E-state index in [0.717, 1.165) is 16.0 Å². The molecule has 0 atom stereocenters. The second-order valence-corrected chi connectivity index (χ2v) is 8.24. The summed E-state index contributed by atoms with van der Waals surface area (Å²) in [6.45, 7) is 2.43. The Bertz CT molecular complexity index is 1210. The zero-order valence-electron chi connectivity index (χ0n) is 15.3. The first-order valence-corrected chi connectivity index (χ1v) is 10.4. The van der Waals surface area contributed by atoms with Crippen LogP contribution >= 0.6 is 23.1 Å². The molecule has 0 saturated heterocycles. The number of aromatic nitrogens is 1. The van der Waals surface area contributed by atoms with Gasteiger partial charge < -0.3 is 0 Å². The molecule has 2 aromatic carbocycles. The molecule has 0 aliphatic carbocycles. The summed E-state index contributed by atoms with van der Waals surface area (Å²) in [7, 11) is 0. The summed E-state index contributed by atoms with van der Waals surface area (Å²) < 4.78 is 2.48. The minimum Gasteiger partial charge on any atom is -0.296 e. The van der Waals surface area contributed by atoms with Gasteiger partial charge >= 0.3 is 0 Å². The fourth-order valence-corrected chi connectivity index (χ4v) is 4.55. The Morgan fingerprint density at radius 2 is 1.79 bits per heavy atom. The maximum Gasteiger partial charge on any atom is 0.269 e. The SMILES string of the molecule is Cc1ccc(/C=c2\sc(=C(C#N)C#N)n(CCSc3ccccc3)c2=O)cc1. The van der Waals surface area contributed by atoms with Crippen LogP contribution in [0.1, 0.15) is 11.1 Å². The van der Waals surface area contributed by atoms with E-state index >= 15 is 0 Å². The van der Waals surface area contributed by atoms with Crippen molar-refractivity contribution in [2.24, 2.45) is 0 Å². The zero-order chi connectivity index (χ0) is 19.9. The molecular formula is C22H17N3OS2. The number of benzene rings is 2. The van der Waals surface area contributed by atoms with Crippen LogP contribution in [0, 0.1) is 29.6 Å². The van der Waals surface area contributed by atoms with Gasteiger partial charge in [-0.05, 0) is 30.7 Å². The van der Waals surface area contributed by atoms with Crippen LogP contribution in [0.25, 0.3) is 11.6 Å². The molecule has 3 rings (SSSR count). The molecule has 0 aliphatic heterocycles. The number of thiazole rings is 1. The van der Waals surface area contributed by atoms with Gasteiger partial charge in [0.2, 0.25) is 0 Å². The molecule has 0 N–H and O–H groups in total. The summed E-state index contributed by atoms with van der Waals surface area (Å²) in [5.41, 5.74) is 1.85. The number of aryl methyl sites for hydroxylation is 1. The molecule has 138 valence electrons. The summed E-state index contributed by atoms with van der Waals surface area (Å²) >= 11 is 2.83. The molecule has 0 bridgehead atoms. The van der Waals surface area contributed by atoms with Crippen molar-refractivity contribution in [3.8, 4) is 12.1 Å². The van der Waals surface area contributed by atoms with E-state index in [1.54, 1.807) is 16.3 Å². The molecule has 0 radical (unpaired) electrons. The van der Waals surface area contributed by atoms with Crippen molar-refractivity contribution in [3.05, 3.63) is 85.3 Å². The van der Waals surface area contributed by atoms with E-state index in [2.05, 4.69) is 0 Å². The third-order valence-corrected chi connectivity index (χ3v) is 6.17. The van der Waals surface area contributed by atoms with Crippen LogP contribution in [0.15, 0.2) is 64.3 Å². The molecular weight excluding hydrogens is 386 g/mol. The summed E-state index contributed by atoms with van der Waals surface area (Å²) in [6, 6.07) is 21.6. The minimum absolute atomic E-state index is 0.0321. The number of rotatable bonds is 5. The van der Waals surface area contributed by atoms with Gasteiger partial charge in [0.25, 0.3) is 5.56 Å². The number of thioether (sulfide) groups is 1. The second kappa shape index (κ2) is 9.23. The maximum absolute atomic E-state index is 12.9. The Kier molecular flexibility index (Phi) is 6.49. The van der Waals surface area contributed by atoms with Crippen LogP contribution in [-0.2, 0) is 6.54 Å². The van der Waals surface area contributed by atoms with E-state index in [9.17, 15) is 15.3 Å². The lowest BCUT2D eigenvalue weighted by atomic mass is 10.1. The van der Waals surface area contributed by atoms with E-state index in [-0.39, 0.29) is 11.1 Å². The quantitative estimate of drug-likeness (QED) is 0.614. The van der Waals surface area contributed by atoms with Crippen LogP contribution in [0.4, 0.5) is 0 Å². The first-order chi connectivity index (χ1) is 13.6. The van der Waals surface area contributed by atoms with E-state index in [1.165, 1.54) is 11.3 Å². The van der Waals surface area contributed by atoms with Crippen LogP contribution < -0.4 is 14.8 Å². The van der Waals surface area contributed by atoms with Crippen LogP contribution in [-0.4, -0.2) is 10.3 Å². The van der Waals surface area contributed by atoms with Gasteiger partial charge in [0.1, 0.15) is 16.8 Å². The first-order valence-electron chi connectivity index (χ1n) is 8.63. The van der Waals surface area contributed by atoms with Gasteiger partial charge in [-0.1, -0.05) is 48.0 Å². The molecule has 1 aromatic heterocycles. The highest BCUT2D eigenvalue weighted by molar-refractivity contribution is 7.99. The fraction of sp³-hybridized carbons (Fsp3) is 0.136. The normalized spacial score (nSPS) is 11.0. The van der Waals surface area contributed by atoms with Crippen molar-refractivity contribution in [3.63, 3.8) is 0 Å². The number of hydrogen-bond acceptors (Lipinski definition) is 5. The van der Waals surface area contributed by atoms with E-state index < -0.39 is 0 Å². The fourth-order valence-electron chi connectivity index (χ4n) is 2.61. The van der Waals surface area contributed by atoms with Crippen LogP contribution in [0.3, 0.4) is 0 Å². The molecule has 0 amide bonds. The average molecular weight is 404 g/mol. The molecule has 28 heavy (non-hydrogen) atoms. The molecule has 0 unspecified atom stereocenters.